The van der Waals surface area contributed by atoms with Crippen LogP contribution in [0.25, 0.3) is 6.08 Å². The zero-order valence-electron chi connectivity index (χ0n) is 15.2. The van der Waals surface area contributed by atoms with Gasteiger partial charge in [-0.05, 0) is 35.9 Å². The maximum atomic E-state index is 12.7. The van der Waals surface area contributed by atoms with Gasteiger partial charge < -0.3 is 10.6 Å². The van der Waals surface area contributed by atoms with Crippen LogP contribution in [0, 0.1) is 10.1 Å². The molecule has 7 heteroatoms. The fourth-order valence-corrected chi connectivity index (χ4v) is 2.52. The molecular formula is C22H17N3O4. The van der Waals surface area contributed by atoms with E-state index in [1.165, 1.54) is 24.3 Å². The predicted molar refractivity (Wildman–Crippen MR) is 110 cm³/mol. The molecule has 3 aromatic rings. The van der Waals surface area contributed by atoms with Gasteiger partial charge in [0.25, 0.3) is 17.5 Å². The first-order valence-corrected chi connectivity index (χ1v) is 8.72. The summed E-state index contributed by atoms with van der Waals surface area (Å²) in [6.07, 6.45) is 1.56. The topological polar surface area (TPSA) is 101 Å². The van der Waals surface area contributed by atoms with Crippen LogP contribution < -0.4 is 10.6 Å². The van der Waals surface area contributed by atoms with Gasteiger partial charge in [-0.25, -0.2) is 0 Å². The van der Waals surface area contributed by atoms with Gasteiger partial charge >= 0.3 is 0 Å². The first kappa shape index (κ1) is 19.5. The van der Waals surface area contributed by atoms with Crippen LogP contribution in [0.2, 0.25) is 0 Å². The molecule has 0 saturated heterocycles. The Kier molecular flexibility index (Phi) is 6.12. The number of nitrogens with zero attached hydrogens (tertiary/aromatic N) is 1. The maximum absolute atomic E-state index is 12.7. The monoisotopic (exact) mass is 387 g/mol. The van der Waals surface area contributed by atoms with Crippen LogP contribution in [0.5, 0.6) is 0 Å². The van der Waals surface area contributed by atoms with Crippen LogP contribution in [-0.2, 0) is 4.79 Å². The van der Waals surface area contributed by atoms with Gasteiger partial charge in [-0.3, -0.25) is 19.7 Å². The molecule has 0 saturated carbocycles. The van der Waals surface area contributed by atoms with E-state index < -0.39 is 16.7 Å². The molecule has 144 valence electrons. The number of carbonyl (C=O) groups is 2. The Bertz CT molecular complexity index is 1050. The molecule has 0 atom stereocenters. The van der Waals surface area contributed by atoms with E-state index in [4.69, 9.17) is 0 Å². The van der Waals surface area contributed by atoms with Crippen molar-refractivity contribution in [3.63, 3.8) is 0 Å². The Balaban J connectivity index is 1.84. The number of nitro benzene ring substituents is 1. The molecule has 29 heavy (non-hydrogen) atoms. The SMILES string of the molecule is O=C(Nc1ccccc1)/C(=C\c1ccccc1)NC(=O)c1ccc([N+](=O)[O-])cc1. The van der Waals surface area contributed by atoms with Crippen LogP contribution in [0.15, 0.2) is 90.6 Å². The molecule has 0 unspecified atom stereocenters. The van der Waals surface area contributed by atoms with Crippen molar-refractivity contribution in [3.05, 3.63) is 112 Å². The van der Waals surface area contributed by atoms with E-state index in [-0.39, 0.29) is 16.9 Å². The fourth-order valence-electron chi connectivity index (χ4n) is 2.52. The minimum absolute atomic E-state index is 0.0448. The lowest BCUT2D eigenvalue weighted by atomic mass is 10.1. The molecule has 3 aromatic carbocycles. The molecule has 3 rings (SSSR count). The van der Waals surface area contributed by atoms with E-state index in [0.29, 0.717) is 5.69 Å². The number of para-hydroxylation sites is 1. The number of non-ortho nitro benzene ring substituents is 1. The Hall–Kier alpha value is -4.26. The van der Waals surface area contributed by atoms with Gasteiger partial charge in [0, 0.05) is 23.4 Å². The van der Waals surface area contributed by atoms with Crippen molar-refractivity contribution >= 4 is 29.3 Å². The smallest absolute Gasteiger partial charge is 0.272 e. The summed E-state index contributed by atoms with van der Waals surface area (Å²) in [7, 11) is 0. The molecule has 0 radical (unpaired) electrons. The first-order chi connectivity index (χ1) is 14.0. The van der Waals surface area contributed by atoms with Gasteiger partial charge in [0.1, 0.15) is 5.70 Å². The zero-order chi connectivity index (χ0) is 20.6. The Labute approximate surface area is 166 Å². The van der Waals surface area contributed by atoms with Gasteiger partial charge in [-0.2, -0.15) is 0 Å². The van der Waals surface area contributed by atoms with Crippen LogP contribution in [0.4, 0.5) is 11.4 Å². The molecule has 0 aromatic heterocycles. The summed E-state index contributed by atoms with van der Waals surface area (Å²) in [5.74, 6) is -1.04. The van der Waals surface area contributed by atoms with Crippen molar-refractivity contribution in [2.45, 2.75) is 0 Å². The third kappa shape index (κ3) is 5.36. The highest BCUT2D eigenvalue weighted by Crippen LogP contribution is 2.14. The summed E-state index contributed by atoms with van der Waals surface area (Å²) in [6, 6.07) is 23.1. The lowest BCUT2D eigenvalue weighted by Gasteiger charge is -2.11. The van der Waals surface area contributed by atoms with E-state index in [2.05, 4.69) is 10.6 Å². The summed E-state index contributed by atoms with van der Waals surface area (Å²) >= 11 is 0. The Morgan fingerprint density at radius 1 is 0.828 bits per heavy atom. The highest BCUT2D eigenvalue weighted by Gasteiger charge is 2.16. The van der Waals surface area contributed by atoms with E-state index in [1.807, 2.05) is 24.3 Å². The van der Waals surface area contributed by atoms with Crippen LogP contribution in [-0.4, -0.2) is 16.7 Å². The normalized spacial score (nSPS) is 10.8. The number of carbonyl (C=O) groups excluding carboxylic acids is 2. The molecule has 0 aliphatic rings. The number of hydrogen-bond acceptors (Lipinski definition) is 4. The summed E-state index contributed by atoms with van der Waals surface area (Å²) in [5.41, 5.74) is 1.43. The number of amides is 2. The van der Waals surface area contributed by atoms with Gasteiger partial charge in [0.15, 0.2) is 0 Å². The molecule has 0 spiro atoms. The number of nitro groups is 1. The van der Waals surface area contributed by atoms with E-state index in [1.54, 1.807) is 42.5 Å². The third-order valence-electron chi connectivity index (χ3n) is 3.98. The second kappa shape index (κ2) is 9.09. The lowest BCUT2D eigenvalue weighted by Crippen LogP contribution is -2.30. The van der Waals surface area contributed by atoms with Crippen LogP contribution >= 0.6 is 0 Å². The molecule has 0 aliphatic heterocycles. The predicted octanol–water partition coefficient (Wildman–Crippen LogP) is 4.00. The van der Waals surface area contributed by atoms with E-state index in [9.17, 15) is 19.7 Å². The Morgan fingerprint density at radius 2 is 1.41 bits per heavy atom. The quantitative estimate of drug-likeness (QED) is 0.379. The highest BCUT2D eigenvalue weighted by molar-refractivity contribution is 6.10. The fraction of sp³-hybridized carbons (Fsp3) is 0. The molecule has 0 fully saturated rings. The van der Waals surface area contributed by atoms with Gasteiger partial charge in [-0.15, -0.1) is 0 Å². The summed E-state index contributed by atoms with van der Waals surface area (Å²) in [4.78, 5) is 35.5. The number of nitrogens with one attached hydrogen (secondary N) is 2. The van der Waals surface area contributed by atoms with Crippen molar-refractivity contribution in [2.24, 2.45) is 0 Å². The van der Waals surface area contributed by atoms with Crippen molar-refractivity contribution < 1.29 is 14.5 Å². The molecule has 0 heterocycles. The Morgan fingerprint density at radius 3 is 2.00 bits per heavy atom. The van der Waals surface area contributed by atoms with Crippen molar-refractivity contribution in [1.82, 2.24) is 5.32 Å². The molecule has 2 N–H and O–H groups in total. The number of rotatable bonds is 6. The first-order valence-electron chi connectivity index (χ1n) is 8.72. The summed E-state index contributed by atoms with van der Waals surface area (Å²) in [6.45, 7) is 0. The number of hydrogen-bond donors (Lipinski definition) is 2. The summed E-state index contributed by atoms with van der Waals surface area (Å²) in [5, 5.41) is 16.1. The minimum atomic E-state index is -0.551. The second-order valence-corrected chi connectivity index (χ2v) is 6.05. The molecule has 7 nitrogen and oxygen atoms in total. The second-order valence-electron chi connectivity index (χ2n) is 6.05. The van der Waals surface area contributed by atoms with Gasteiger partial charge in [-0.1, -0.05) is 48.5 Å². The number of anilines is 1. The van der Waals surface area contributed by atoms with Crippen molar-refractivity contribution in [1.29, 1.82) is 0 Å². The van der Waals surface area contributed by atoms with E-state index in [0.717, 1.165) is 5.56 Å². The van der Waals surface area contributed by atoms with E-state index >= 15 is 0 Å². The van der Waals surface area contributed by atoms with Crippen molar-refractivity contribution in [2.75, 3.05) is 5.32 Å². The van der Waals surface area contributed by atoms with Crippen molar-refractivity contribution in [3.8, 4) is 0 Å². The average molecular weight is 387 g/mol. The third-order valence-corrected chi connectivity index (χ3v) is 3.98. The minimum Gasteiger partial charge on any atom is -0.321 e. The number of benzene rings is 3. The summed E-state index contributed by atoms with van der Waals surface area (Å²) < 4.78 is 0. The van der Waals surface area contributed by atoms with Crippen LogP contribution in [0.1, 0.15) is 15.9 Å². The molecule has 0 aliphatic carbocycles. The largest absolute Gasteiger partial charge is 0.321 e. The maximum Gasteiger partial charge on any atom is 0.272 e. The molecule has 2 amide bonds. The standard InChI is InChI=1S/C22H17N3O4/c26-21(17-11-13-19(14-12-17)25(28)29)24-20(15-16-7-3-1-4-8-16)22(27)23-18-9-5-2-6-10-18/h1-15H,(H,23,27)(H,24,26)/b20-15+. The molecule has 0 bridgehead atoms. The molecular weight excluding hydrogens is 370 g/mol. The lowest BCUT2D eigenvalue weighted by molar-refractivity contribution is -0.384. The van der Waals surface area contributed by atoms with Crippen LogP contribution in [0.3, 0.4) is 0 Å². The highest BCUT2D eigenvalue weighted by atomic mass is 16.6. The zero-order valence-corrected chi connectivity index (χ0v) is 15.2. The van der Waals surface area contributed by atoms with Gasteiger partial charge in [0.05, 0.1) is 4.92 Å². The van der Waals surface area contributed by atoms with Gasteiger partial charge in [0.2, 0.25) is 0 Å². The average Bonchev–Trinajstić information content (AvgIpc) is 2.74.